The molecule has 6 nitrogen and oxygen atoms in total. The van der Waals surface area contributed by atoms with Crippen molar-refractivity contribution in [1.82, 2.24) is 20.5 Å². The molecule has 1 aromatic heterocycles. The first-order valence-corrected chi connectivity index (χ1v) is 10.2. The number of halogens is 1. The fraction of sp³-hybridized carbons (Fsp3) is 0.227. The molecule has 3 aromatic rings. The van der Waals surface area contributed by atoms with Crippen molar-refractivity contribution in [3.8, 4) is 11.3 Å². The first kappa shape index (κ1) is 23.8. The van der Waals surface area contributed by atoms with Crippen LogP contribution in [-0.2, 0) is 13.1 Å². The number of guanidine groups is 1. The molecule has 30 heavy (non-hydrogen) atoms. The molecule has 3 rings (SSSR count). The lowest BCUT2D eigenvalue weighted by molar-refractivity contribution is 0.0827. The molecule has 0 aliphatic heterocycles. The maximum Gasteiger partial charge on any atom is 0.253 e. The van der Waals surface area contributed by atoms with Crippen LogP contribution >= 0.6 is 35.3 Å². The number of hydrogen-bond acceptors (Lipinski definition) is 4. The van der Waals surface area contributed by atoms with Gasteiger partial charge in [0.1, 0.15) is 5.01 Å². The van der Waals surface area contributed by atoms with Crippen molar-refractivity contribution in [3.63, 3.8) is 0 Å². The van der Waals surface area contributed by atoms with E-state index in [9.17, 15) is 4.79 Å². The summed E-state index contributed by atoms with van der Waals surface area (Å²) in [5.74, 6) is 0.704. The minimum absolute atomic E-state index is 0. The Balaban J connectivity index is 0.00000320. The number of aromatic nitrogens is 1. The smallest absolute Gasteiger partial charge is 0.253 e. The van der Waals surface area contributed by atoms with Crippen molar-refractivity contribution in [1.29, 1.82) is 0 Å². The first-order valence-electron chi connectivity index (χ1n) is 9.31. The summed E-state index contributed by atoms with van der Waals surface area (Å²) < 4.78 is 0. The summed E-state index contributed by atoms with van der Waals surface area (Å²) >= 11 is 1.63. The molecule has 0 radical (unpaired) electrons. The highest BCUT2D eigenvalue weighted by atomic mass is 127. The molecule has 0 saturated carbocycles. The minimum atomic E-state index is 0. The molecule has 0 aliphatic rings. The zero-order valence-electron chi connectivity index (χ0n) is 17.3. The Labute approximate surface area is 198 Å². The van der Waals surface area contributed by atoms with E-state index in [0.29, 0.717) is 24.6 Å². The van der Waals surface area contributed by atoms with Crippen LogP contribution in [0.5, 0.6) is 0 Å². The van der Waals surface area contributed by atoms with Gasteiger partial charge in [0.2, 0.25) is 0 Å². The predicted molar refractivity (Wildman–Crippen MR) is 134 cm³/mol. The monoisotopic (exact) mass is 535 g/mol. The Kier molecular flexibility index (Phi) is 9.25. The van der Waals surface area contributed by atoms with E-state index in [4.69, 9.17) is 0 Å². The normalized spacial score (nSPS) is 10.8. The number of nitrogens with one attached hydrogen (secondary N) is 2. The molecule has 0 atom stereocenters. The van der Waals surface area contributed by atoms with Gasteiger partial charge in [0.15, 0.2) is 5.96 Å². The largest absolute Gasteiger partial charge is 0.352 e. The van der Waals surface area contributed by atoms with Crippen molar-refractivity contribution in [3.05, 3.63) is 76.1 Å². The summed E-state index contributed by atoms with van der Waals surface area (Å²) in [5.41, 5.74) is 3.86. The molecule has 8 heteroatoms. The van der Waals surface area contributed by atoms with Gasteiger partial charge in [0.25, 0.3) is 5.91 Å². The number of rotatable bonds is 6. The zero-order chi connectivity index (χ0) is 20.6. The van der Waals surface area contributed by atoms with E-state index in [1.807, 2.05) is 42.5 Å². The molecule has 2 aromatic carbocycles. The maximum absolute atomic E-state index is 12.0. The second-order valence-electron chi connectivity index (χ2n) is 6.67. The lowest BCUT2D eigenvalue weighted by Crippen LogP contribution is -2.36. The number of thiazole rings is 1. The summed E-state index contributed by atoms with van der Waals surface area (Å²) in [6.45, 7) is 1.22. The quantitative estimate of drug-likeness (QED) is 0.285. The van der Waals surface area contributed by atoms with E-state index < -0.39 is 0 Å². The van der Waals surface area contributed by atoms with Gasteiger partial charge in [0.05, 0.1) is 12.2 Å². The number of carbonyl (C=O) groups excluding carboxylic acids is 1. The molecule has 2 N–H and O–H groups in total. The number of nitrogens with zero attached hydrogens (tertiary/aromatic N) is 3. The molecule has 0 unspecified atom stereocenters. The molecule has 0 aliphatic carbocycles. The average molecular weight is 535 g/mol. The van der Waals surface area contributed by atoms with Gasteiger partial charge in [-0.15, -0.1) is 35.3 Å². The molecule has 0 saturated heterocycles. The molecular weight excluding hydrogens is 509 g/mol. The lowest BCUT2D eigenvalue weighted by atomic mass is 10.1. The van der Waals surface area contributed by atoms with Gasteiger partial charge in [-0.3, -0.25) is 9.79 Å². The van der Waals surface area contributed by atoms with Crippen molar-refractivity contribution >= 4 is 47.2 Å². The number of benzene rings is 2. The van der Waals surface area contributed by atoms with Crippen LogP contribution in [0.15, 0.2) is 65.0 Å². The average Bonchev–Trinajstić information content (AvgIpc) is 3.23. The van der Waals surface area contributed by atoms with Crippen LogP contribution < -0.4 is 10.6 Å². The van der Waals surface area contributed by atoms with Gasteiger partial charge in [-0.2, -0.15) is 0 Å². The topological polar surface area (TPSA) is 69.6 Å². The van der Waals surface area contributed by atoms with E-state index in [0.717, 1.165) is 21.8 Å². The van der Waals surface area contributed by atoms with Crippen LogP contribution in [0, 0.1) is 0 Å². The fourth-order valence-electron chi connectivity index (χ4n) is 2.72. The van der Waals surface area contributed by atoms with Crippen LogP contribution in [0.1, 0.15) is 20.9 Å². The van der Waals surface area contributed by atoms with E-state index in [1.165, 1.54) is 0 Å². The van der Waals surface area contributed by atoms with E-state index in [2.05, 4.69) is 38.1 Å². The van der Waals surface area contributed by atoms with Gasteiger partial charge in [0, 0.05) is 44.2 Å². The van der Waals surface area contributed by atoms with Gasteiger partial charge in [-0.05, 0) is 17.7 Å². The van der Waals surface area contributed by atoms with Crippen molar-refractivity contribution < 1.29 is 4.79 Å². The van der Waals surface area contributed by atoms with Crippen LogP contribution in [0.25, 0.3) is 11.3 Å². The number of carbonyl (C=O) groups is 1. The Morgan fingerprint density at radius 2 is 1.70 bits per heavy atom. The SMILES string of the molecule is CN=C(NCc1ccc(C(=O)N(C)C)cc1)NCc1nc(-c2ccccc2)cs1.I. The Morgan fingerprint density at radius 1 is 1.03 bits per heavy atom. The molecule has 0 bridgehead atoms. The third-order valence-corrected chi connectivity index (χ3v) is 5.17. The van der Waals surface area contributed by atoms with Gasteiger partial charge in [-0.25, -0.2) is 4.98 Å². The molecule has 1 amide bonds. The van der Waals surface area contributed by atoms with Crippen LogP contribution in [-0.4, -0.2) is 42.9 Å². The minimum Gasteiger partial charge on any atom is -0.352 e. The zero-order valence-corrected chi connectivity index (χ0v) is 20.4. The second-order valence-corrected chi connectivity index (χ2v) is 7.61. The summed E-state index contributed by atoms with van der Waals surface area (Å²) in [4.78, 5) is 22.5. The summed E-state index contributed by atoms with van der Waals surface area (Å²) in [6.07, 6.45) is 0. The fourth-order valence-corrected chi connectivity index (χ4v) is 3.47. The first-order chi connectivity index (χ1) is 14.1. The summed E-state index contributed by atoms with van der Waals surface area (Å²) in [5, 5.41) is 9.64. The molecule has 158 valence electrons. The second kappa shape index (κ2) is 11.7. The highest BCUT2D eigenvalue weighted by Gasteiger charge is 2.08. The highest BCUT2D eigenvalue weighted by Crippen LogP contribution is 2.21. The Bertz CT molecular complexity index is 971. The standard InChI is InChI=1S/C22H25N5OS.HI/c1-23-22(24-13-16-9-11-18(12-10-16)21(28)27(2)3)25-14-20-26-19(15-29-20)17-7-5-4-6-8-17;/h4-12,15H,13-14H2,1-3H3,(H2,23,24,25);1H. The predicted octanol–water partition coefficient (Wildman–Crippen LogP) is 4.00. The number of amides is 1. The Hall–Kier alpha value is -2.46. The Morgan fingerprint density at radius 3 is 2.33 bits per heavy atom. The third-order valence-electron chi connectivity index (χ3n) is 4.32. The molecule has 0 spiro atoms. The third kappa shape index (κ3) is 6.53. The lowest BCUT2D eigenvalue weighted by Gasteiger charge is -2.12. The van der Waals surface area contributed by atoms with Crippen molar-refractivity contribution in [2.75, 3.05) is 21.1 Å². The van der Waals surface area contributed by atoms with Gasteiger partial charge in [-0.1, -0.05) is 42.5 Å². The van der Waals surface area contributed by atoms with E-state index >= 15 is 0 Å². The van der Waals surface area contributed by atoms with Gasteiger partial charge >= 0.3 is 0 Å². The number of aliphatic imine (C=N–C) groups is 1. The van der Waals surface area contributed by atoms with Crippen LogP contribution in [0.2, 0.25) is 0 Å². The van der Waals surface area contributed by atoms with Crippen LogP contribution in [0.3, 0.4) is 0 Å². The highest BCUT2D eigenvalue weighted by molar-refractivity contribution is 14.0. The van der Waals surface area contributed by atoms with Crippen molar-refractivity contribution in [2.45, 2.75) is 13.1 Å². The van der Waals surface area contributed by atoms with E-state index in [1.54, 1.807) is 37.4 Å². The van der Waals surface area contributed by atoms with Crippen LogP contribution in [0.4, 0.5) is 0 Å². The molecular formula is C22H26IN5OS. The molecule has 0 fully saturated rings. The maximum atomic E-state index is 12.0. The summed E-state index contributed by atoms with van der Waals surface area (Å²) in [6, 6.07) is 17.7. The summed E-state index contributed by atoms with van der Waals surface area (Å²) in [7, 11) is 5.24. The van der Waals surface area contributed by atoms with E-state index in [-0.39, 0.29) is 29.9 Å². The number of hydrogen-bond donors (Lipinski definition) is 2. The molecule has 1 heterocycles. The van der Waals surface area contributed by atoms with Gasteiger partial charge < -0.3 is 15.5 Å². The van der Waals surface area contributed by atoms with Crippen molar-refractivity contribution in [2.24, 2.45) is 4.99 Å².